The SMILES string of the molecule is Cc1nc2ccccc2c(C)c1CC(=O)NCCNc1ccc([N+](=O)[O-])cc1. The largest absolute Gasteiger partial charge is 0.383 e. The van der Waals surface area contributed by atoms with E-state index in [-0.39, 0.29) is 18.0 Å². The molecule has 0 radical (unpaired) electrons. The van der Waals surface area contributed by atoms with Crippen molar-refractivity contribution in [2.24, 2.45) is 0 Å². The maximum absolute atomic E-state index is 12.3. The zero-order chi connectivity index (χ0) is 20.1. The van der Waals surface area contributed by atoms with Gasteiger partial charge in [-0.2, -0.15) is 0 Å². The van der Waals surface area contributed by atoms with Crippen molar-refractivity contribution in [3.63, 3.8) is 0 Å². The summed E-state index contributed by atoms with van der Waals surface area (Å²) in [5, 5.41) is 17.7. The summed E-state index contributed by atoms with van der Waals surface area (Å²) < 4.78 is 0. The highest BCUT2D eigenvalue weighted by molar-refractivity contribution is 5.86. The summed E-state index contributed by atoms with van der Waals surface area (Å²) in [6.45, 7) is 4.93. The van der Waals surface area contributed by atoms with E-state index >= 15 is 0 Å². The van der Waals surface area contributed by atoms with E-state index in [1.165, 1.54) is 12.1 Å². The Labute approximate surface area is 162 Å². The summed E-state index contributed by atoms with van der Waals surface area (Å²) in [5.41, 5.74) is 4.67. The first-order valence-electron chi connectivity index (χ1n) is 9.05. The van der Waals surface area contributed by atoms with E-state index in [1.807, 2.05) is 38.1 Å². The first-order valence-corrected chi connectivity index (χ1v) is 9.05. The number of amides is 1. The van der Waals surface area contributed by atoms with Crippen molar-refractivity contribution in [2.75, 3.05) is 18.4 Å². The number of nitrogens with zero attached hydrogens (tertiary/aromatic N) is 2. The molecule has 1 amide bonds. The number of nitrogens with one attached hydrogen (secondary N) is 2. The number of para-hydroxylation sites is 1. The Kier molecular flexibility index (Phi) is 5.84. The monoisotopic (exact) mass is 378 g/mol. The van der Waals surface area contributed by atoms with Gasteiger partial charge in [0.15, 0.2) is 0 Å². The van der Waals surface area contributed by atoms with Crippen LogP contribution >= 0.6 is 0 Å². The minimum Gasteiger partial charge on any atom is -0.383 e. The van der Waals surface area contributed by atoms with E-state index in [4.69, 9.17) is 0 Å². The fourth-order valence-corrected chi connectivity index (χ4v) is 3.16. The van der Waals surface area contributed by atoms with Gasteiger partial charge < -0.3 is 10.6 Å². The smallest absolute Gasteiger partial charge is 0.269 e. The predicted molar refractivity (Wildman–Crippen MR) is 110 cm³/mol. The molecule has 0 spiro atoms. The second kappa shape index (κ2) is 8.47. The molecular weight excluding hydrogens is 356 g/mol. The van der Waals surface area contributed by atoms with E-state index in [1.54, 1.807) is 12.1 Å². The molecule has 7 heteroatoms. The van der Waals surface area contributed by atoms with Crippen molar-refractivity contribution in [1.82, 2.24) is 10.3 Å². The van der Waals surface area contributed by atoms with Gasteiger partial charge in [0.25, 0.3) is 5.69 Å². The van der Waals surface area contributed by atoms with Crippen molar-refractivity contribution < 1.29 is 9.72 Å². The number of anilines is 1. The summed E-state index contributed by atoms with van der Waals surface area (Å²) in [6.07, 6.45) is 0.285. The molecule has 2 aromatic carbocycles. The minimum atomic E-state index is -0.435. The van der Waals surface area contributed by atoms with Gasteiger partial charge in [0.1, 0.15) is 0 Å². The molecule has 0 aliphatic rings. The Morgan fingerprint density at radius 3 is 2.50 bits per heavy atom. The first-order chi connectivity index (χ1) is 13.5. The number of fused-ring (bicyclic) bond motifs is 1. The van der Waals surface area contributed by atoms with Crippen LogP contribution in [-0.4, -0.2) is 28.9 Å². The van der Waals surface area contributed by atoms with Crippen molar-refractivity contribution >= 4 is 28.2 Å². The molecule has 0 bridgehead atoms. The lowest BCUT2D eigenvalue weighted by Crippen LogP contribution is -2.30. The van der Waals surface area contributed by atoms with Crippen LogP contribution in [0.25, 0.3) is 10.9 Å². The van der Waals surface area contributed by atoms with Crippen LogP contribution in [0.1, 0.15) is 16.8 Å². The molecule has 0 aliphatic heterocycles. The fourth-order valence-electron chi connectivity index (χ4n) is 3.16. The lowest BCUT2D eigenvalue weighted by atomic mass is 9.99. The predicted octanol–water partition coefficient (Wildman–Crippen LogP) is 3.53. The molecular formula is C21H22N4O3. The Bertz CT molecular complexity index is 1020. The van der Waals surface area contributed by atoms with Crippen molar-refractivity contribution in [2.45, 2.75) is 20.3 Å². The molecule has 0 aliphatic carbocycles. The summed E-state index contributed by atoms with van der Waals surface area (Å²) in [6, 6.07) is 14.1. The zero-order valence-electron chi connectivity index (χ0n) is 15.9. The van der Waals surface area contributed by atoms with Crippen molar-refractivity contribution in [1.29, 1.82) is 0 Å². The van der Waals surface area contributed by atoms with Gasteiger partial charge in [0, 0.05) is 42.0 Å². The Morgan fingerprint density at radius 2 is 1.79 bits per heavy atom. The highest BCUT2D eigenvalue weighted by Gasteiger charge is 2.12. The third-order valence-electron chi connectivity index (χ3n) is 4.68. The van der Waals surface area contributed by atoms with Gasteiger partial charge in [-0.15, -0.1) is 0 Å². The molecule has 0 fully saturated rings. The number of carbonyl (C=O) groups excluding carboxylic acids is 1. The second-order valence-corrected chi connectivity index (χ2v) is 6.58. The maximum atomic E-state index is 12.3. The number of carbonyl (C=O) groups is 1. The molecule has 3 rings (SSSR count). The zero-order valence-corrected chi connectivity index (χ0v) is 15.9. The lowest BCUT2D eigenvalue weighted by Gasteiger charge is -2.13. The molecule has 3 aromatic rings. The van der Waals surface area contributed by atoms with E-state index in [0.29, 0.717) is 13.1 Å². The minimum absolute atomic E-state index is 0.0496. The molecule has 0 atom stereocenters. The van der Waals surface area contributed by atoms with Crippen LogP contribution in [0.2, 0.25) is 0 Å². The van der Waals surface area contributed by atoms with Gasteiger partial charge in [-0.25, -0.2) is 0 Å². The molecule has 7 nitrogen and oxygen atoms in total. The number of hydrogen-bond acceptors (Lipinski definition) is 5. The number of nitro benzene ring substituents is 1. The molecule has 0 saturated heterocycles. The number of rotatable bonds is 7. The third-order valence-corrected chi connectivity index (χ3v) is 4.68. The van der Waals surface area contributed by atoms with E-state index < -0.39 is 4.92 Å². The number of benzene rings is 2. The maximum Gasteiger partial charge on any atom is 0.269 e. The van der Waals surface area contributed by atoms with Gasteiger partial charge in [-0.1, -0.05) is 18.2 Å². The number of aryl methyl sites for hydroxylation is 2. The van der Waals surface area contributed by atoms with Gasteiger partial charge in [0.2, 0.25) is 5.91 Å². The number of pyridine rings is 1. The van der Waals surface area contributed by atoms with Crippen LogP contribution in [0.3, 0.4) is 0 Å². The molecule has 1 aromatic heterocycles. The van der Waals surface area contributed by atoms with Gasteiger partial charge in [-0.05, 0) is 43.2 Å². The molecule has 1 heterocycles. The lowest BCUT2D eigenvalue weighted by molar-refractivity contribution is -0.384. The number of nitro groups is 1. The topological polar surface area (TPSA) is 97.2 Å². The Morgan fingerprint density at radius 1 is 1.07 bits per heavy atom. The van der Waals surface area contributed by atoms with Crippen LogP contribution in [-0.2, 0) is 11.2 Å². The molecule has 144 valence electrons. The van der Waals surface area contributed by atoms with Crippen molar-refractivity contribution in [3.8, 4) is 0 Å². The number of aromatic nitrogens is 1. The number of non-ortho nitro benzene ring substituents is 1. The fraction of sp³-hybridized carbons (Fsp3) is 0.238. The summed E-state index contributed by atoms with van der Waals surface area (Å²) in [4.78, 5) is 27.2. The first kappa shape index (κ1) is 19.3. The standard InChI is InChI=1S/C21H22N4O3/c1-14-18-5-3-4-6-20(18)24-15(2)19(14)13-21(26)23-12-11-22-16-7-9-17(10-8-16)25(27)28/h3-10,22H,11-13H2,1-2H3,(H,23,26). The Balaban J connectivity index is 1.53. The molecule has 28 heavy (non-hydrogen) atoms. The van der Waals surface area contributed by atoms with Crippen LogP contribution < -0.4 is 10.6 Å². The molecule has 0 saturated carbocycles. The van der Waals surface area contributed by atoms with Crippen molar-refractivity contribution in [3.05, 3.63) is 75.5 Å². The van der Waals surface area contributed by atoms with Crippen LogP contribution in [0.15, 0.2) is 48.5 Å². The van der Waals surface area contributed by atoms with Gasteiger partial charge in [-0.3, -0.25) is 19.9 Å². The summed E-state index contributed by atoms with van der Waals surface area (Å²) in [7, 11) is 0. The van der Waals surface area contributed by atoms with E-state index in [9.17, 15) is 14.9 Å². The van der Waals surface area contributed by atoms with Gasteiger partial charge in [0.05, 0.1) is 16.9 Å². The second-order valence-electron chi connectivity index (χ2n) is 6.58. The highest BCUT2D eigenvalue weighted by atomic mass is 16.6. The number of hydrogen-bond donors (Lipinski definition) is 2. The van der Waals surface area contributed by atoms with E-state index in [2.05, 4.69) is 15.6 Å². The van der Waals surface area contributed by atoms with E-state index in [0.717, 1.165) is 33.4 Å². The average molecular weight is 378 g/mol. The van der Waals surface area contributed by atoms with Gasteiger partial charge >= 0.3 is 0 Å². The van der Waals surface area contributed by atoms with Crippen LogP contribution in [0.4, 0.5) is 11.4 Å². The summed E-state index contributed by atoms with van der Waals surface area (Å²) in [5.74, 6) is -0.0613. The summed E-state index contributed by atoms with van der Waals surface area (Å²) >= 11 is 0. The highest BCUT2D eigenvalue weighted by Crippen LogP contribution is 2.22. The quantitative estimate of drug-likeness (QED) is 0.372. The Hall–Kier alpha value is -3.48. The van der Waals surface area contributed by atoms with Crippen LogP contribution in [0, 0.1) is 24.0 Å². The molecule has 2 N–H and O–H groups in total. The normalized spacial score (nSPS) is 10.6. The third kappa shape index (κ3) is 4.43. The molecule has 0 unspecified atom stereocenters. The average Bonchev–Trinajstić information content (AvgIpc) is 2.69. The van der Waals surface area contributed by atoms with Crippen LogP contribution in [0.5, 0.6) is 0 Å².